The number of carbonyl (C=O) groups excluding carboxylic acids is 3. The molecule has 7 heteroatoms. The van der Waals surface area contributed by atoms with Crippen molar-refractivity contribution < 1.29 is 14.4 Å². The molecule has 2 fully saturated rings. The molecule has 0 spiro atoms. The van der Waals surface area contributed by atoms with E-state index in [2.05, 4.69) is 6.58 Å². The second-order valence-corrected chi connectivity index (χ2v) is 7.21. The van der Waals surface area contributed by atoms with Crippen LogP contribution in [0.2, 0.25) is 0 Å². The van der Waals surface area contributed by atoms with Gasteiger partial charge >= 0.3 is 0 Å². The molecule has 2 saturated heterocycles. The van der Waals surface area contributed by atoms with Gasteiger partial charge in [0.15, 0.2) is 0 Å². The van der Waals surface area contributed by atoms with Crippen molar-refractivity contribution in [1.29, 1.82) is 0 Å². The molecule has 1 aromatic rings. The predicted molar refractivity (Wildman–Crippen MR) is 95.4 cm³/mol. The summed E-state index contributed by atoms with van der Waals surface area (Å²) in [7, 11) is 0. The van der Waals surface area contributed by atoms with E-state index in [4.69, 9.17) is 5.73 Å². The van der Waals surface area contributed by atoms with Crippen LogP contribution < -0.4 is 5.73 Å². The highest BCUT2D eigenvalue weighted by molar-refractivity contribution is 6.02. The highest BCUT2D eigenvalue weighted by Crippen LogP contribution is 2.29. The number of carbonyl (C=O) groups is 3. The average molecular weight is 354 g/mol. The molecule has 3 amide bonds. The van der Waals surface area contributed by atoms with Crippen LogP contribution in [0.5, 0.6) is 0 Å². The highest BCUT2D eigenvalue weighted by atomic mass is 16.2. The van der Waals surface area contributed by atoms with Gasteiger partial charge in [-0.25, -0.2) is 0 Å². The van der Waals surface area contributed by atoms with Crippen LogP contribution in [0.1, 0.15) is 32.7 Å². The number of fused-ring (bicyclic) bond motifs is 1. The van der Waals surface area contributed by atoms with E-state index in [1.807, 2.05) is 6.07 Å². The fourth-order valence-corrected chi connectivity index (χ4v) is 3.87. The molecular weight excluding hydrogens is 332 g/mol. The quantitative estimate of drug-likeness (QED) is 0.787. The van der Waals surface area contributed by atoms with Crippen molar-refractivity contribution in [1.82, 2.24) is 14.7 Å². The largest absolute Gasteiger partial charge is 0.337 e. The van der Waals surface area contributed by atoms with Gasteiger partial charge in [0, 0.05) is 49.9 Å². The Bertz CT molecular complexity index is 800. The van der Waals surface area contributed by atoms with Crippen molar-refractivity contribution in [3.05, 3.63) is 47.5 Å². The molecule has 7 nitrogen and oxygen atoms in total. The summed E-state index contributed by atoms with van der Waals surface area (Å²) in [5.74, 6) is -0.246. The molecule has 0 saturated carbocycles. The van der Waals surface area contributed by atoms with E-state index in [-0.39, 0.29) is 29.8 Å². The maximum atomic E-state index is 12.8. The lowest BCUT2D eigenvalue weighted by atomic mass is 10.1. The number of nitrogens with two attached hydrogens (primary N) is 1. The molecule has 0 aromatic heterocycles. The van der Waals surface area contributed by atoms with Gasteiger partial charge in [-0.3, -0.25) is 14.4 Å². The van der Waals surface area contributed by atoms with Crippen LogP contribution in [0.25, 0.3) is 0 Å². The van der Waals surface area contributed by atoms with Crippen LogP contribution in [0, 0.1) is 0 Å². The van der Waals surface area contributed by atoms with E-state index in [0.29, 0.717) is 43.9 Å². The van der Waals surface area contributed by atoms with Gasteiger partial charge in [-0.05, 0) is 30.2 Å². The average Bonchev–Trinajstić information content (AvgIpc) is 3.17. The van der Waals surface area contributed by atoms with Crippen LogP contribution in [-0.2, 0) is 11.3 Å². The lowest BCUT2D eigenvalue weighted by molar-refractivity contribution is -0.132. The second-order valence-electron chi connectivity index (χ2n) is 7.21. The molecular formula is C19H22N4O3. The molecule has 3 aliphatic heterocycles. The molecule has 0 aliphatic carbocycles. The summed E-state index contributed by atoms with van der Waals surface area (Å²) in [5, 5.41) is 0. The maximum Gasteiger partial charge on any atom is 0.254 e. The number of hydrogen-bond acceptors (Lipinski definition) is 4. The Morgan fingerprint density at radius 2 is 1.96 bits per heavy atom. The third-order valence-electron chi connectivity index (χ3n) is 5.49. The highest BCUT2D eigenvalue weighted by Gasteiger charge is 2.40. The fraction of sp³-hybridized carbons (Fsp3) is 0.421. The van der Waals surface area contributed by atoms with Crippen molar-refractivity contribution in [2.24, 2.45) is 5.73 Å². The lowest BCUT2D eigenvalue weighted by Gasteiger charge is -2.43. The van der Waals surface area contributed by atoms with E-state index in [1.54, 1.807) is 26.8 Å². The SMILES string of the molecule is C=CC(=O)N1CC(N2Cc3ccc(C(=O)N4CCC(N)C4)cc3C2=O)C1. The molecule has 3 aliphatic rings. The summed E-state index contributed by atoms with van der Waals surface area (Å²) >= 11 is 0. The van der Waals surface area contributed by atoms with Crippen LogP contribution in [0.3, 0.4) is 0 Å². The smallest absolute Gasteiger partial charge is 0.254 e. The van der Waals surface area contributed by atoms with Crippen LogP contribution in [0.4, 0.5) is 0 Å². The summed E-state index contributed by atoms with van der Waals surface area (Å²) in [6.45, 7) is 6.29. The zero-order chi connectivity index (χ0) is 18.4. The molecule has 0 radical (unpaired) electrons. The first-order chi connectivity index (χ1) is 12.5. The van der Waals surface area contributed by atoms with Crippen LogP contribution in [0.15, 0.2) is 30.9 Å². The van der Waals surface area contributed by atoms with Crippen molar-refractivity contribution in [3.8, 4) is 0 Å². The Hall–Kier alpha value is -2.67. The van der Waals surface area contributed by atoms with Gasteiger partial charge in [0.2, 0.25) is 5.91 Å². The molecule has 2 N–H and O–H groups in total. The third-order valence-corrected chi connectivity index (χ3v) is 5.49. The summed E-state index contributed by atoms with van der Waals surface area (Å²) in [6, 6.07) is 5.41. The van der Waals surface area contributed by atoms with Gasteiger partial charge in [-0.15, -0.1) is 0 Å². The minimum Gasteiger partial charge on any atom is -0.337 e. The molecule has 1 atom stereocenters. The third kappa shape index (κ3) is 2.68. The second kappa shape index (κ2) is 6.25. The first kappa shape index (κ1) is 16.8. The van der Waals surface area contributed by atoms with Crippen molar-refractivity contribution in [2.45, 2.75) is 25.0 Å². The Morgan fingerprint density at radius 1 is 1.19 bits per heavy atom. The van der Waals surface area contributed by atoms with Gasteiger partial charge in [0.05, 0.1) is 6.04 Å². The monoisotopic (exact) mass is 354 g/mol. The topological polar surface area (TPSA) is 87.0 Å². The first-order valence-corrected chi connectivity index (χ1v) is 8.88. The summed E-state index contributed by atoms with van der Waals surface area (Å²) in [6.07, 6.45) is 2.10. The molecule has 26 heavy (non-hydrogen) atoms. The van der Waals surface area contributed by atoms with Gasteiger partial charge in [-0.1, -0.05) is 12.6 Å². The fourth-order valence-electron chi connectivity index (χ4n) is 3.87. The normalized spacial score (nSPS) is 22.4. The maximum absolute atomic E-state index is 12.8. The lowest BCUT2D eigenvalue weighted by Crippen LogP contribution is -2.60. The minimum absolute atomic E-state index is 0.0227. The predicted octanol–water partition coefficient (Wildman–Crippen LogP) is 0.212. The summed E-state index contributed by atoms with van der Waals surface area (Å²) in [4.78, 5) is 42.2. The van der Waals surface area contributed by atoms with Crippen molar-refractivity contribution >= 4 is 17.7 Å². The van der Waals surface area contributed by atoms with Crippen molar-refractivity contribution in [3.63, 3.8) is 0 Å². The van der Waals surface area contributed by atoms with E-state index in [1.165, 1.54) is 6.08 Å². The number of hydrogen-bond donors (Lipinski definition) is 1. The van der Waals surface area contributed by atoms with E-state index in [0.717, 1.165) is 12.0 Å². The molecule has 1 unspecified atom stereocenters. The molecule has 4 rings (SSSR count). The van der Waals surface area contributed by atoms with Gasteiger partial charge in [-0.2, -0.15) is 0 Å². The Morgan fingerprint density at radius 3 is 2.62 bits per heavy atom. The Balaban J connectivity index is 1.47. The van der Waals surface area contributed by atoms with E-state index < -0.39 is 0 Å². The minimum atomic E-state index is -0.109. The number of nitrogens with zero attached hydrogens (tertiary/aromatic N) is 3. The van der Waals surface area contributed by atoms with E-state index in [9.17, 15) is 14.4 Å². The van der Waals surface area contributed by atoms with Crippen LogP contribution in [-0.4, -0.2) is 70.7 Å². The molecule has 0 bridgehead atoms. The van der Waals surface area contributed by atoms with Gasteiger partial charge in [0.1, 0.15) is 0 Å². The summed E-state index contributed by atoms with van der Waals surface area (Å²) < 4.78 is 0. The number of amides is 3. The number of benzene rings is 1. The zero-order valence-electron chi connectivity index (χ0n) is 14.6. The zero-order valence-corrected chi connectivity index (χ0v) is 14.6. The first-order valence-electron chi connectivity index (χ1n) is 8.88. The van der Waals surface area contributed by atoms with E-state index >= 15 is 0 Å². The molecule has 1 aromatic carbocycles. The Labute approximate surface area is 152 Å². The number of likely N-dealkylation sites (tertiary alicyclic amines) is 2. The summed E-state index contributed by atoms with van der Waals surface area (Å²) in [5.41, 5.74) is 7.93. The van der Waals surface area contributed by atoms with Gasteiger partial charge in [0.25, 0.3) is 11.8 Å². The Kier molecular flexibility index (Phi) is 4.03. The molecule has 3 heterocycles. The van der Waals surface area contributed by atoms with Crippen molar-refractivity contribution in [2.75, 3.05) is 26.2 Å². The van der Waals surface area contributed by atoms with Gasteiger partial charge < -0.3 is 20.4 Å². The number of rotatable bonds is 3. The van der Waals surface area contributed by atoms with Crippen LogP contribution >= 0.6 is 0 Å². The molecule has 136 valence electrons. The standard InChI is InChI=1S/C19H22N4O3/c1-2-17(24)22-10-15(11-22)23-8-13-4-3-12(7-16(13)19(23)26)18(25)21-6-5-14(20)9-21/h2-4,7,14-15H,1,5-6,8-11,20H2.